The number of aryl methyl sites for hydroxylation is 1. The lowest BCUT2D eigenvalue weighted by Gasteiger charge is -2.10. The number of aromatic nitrogens is 1. The molecule has 1 aromatic rings. The van der Waals surface area contributed by atoms with Gasteiger partial charge in [-0.25, -0.2) is 9.59 Å². The van der Waals surface area contributed by atoms with E-state index in [1.165, 1.54) is 38.5 Å². The molecule has 0 atom stereocenters. The standard InChI is InChI=1S/C20H33NO4/c1-4-7-8-9-10-11-12-13-15-21-16-14-17(19(22)24-5-2)18(21)20(23)25-6-3/h14,16H,4-13,15H2,1-3H3. The molecular weight excluding hydrogens is 318 g/mol. The van der Waals surface area contributed by atoms with Crippen molar-refractivity contribution < 1.29 is 19.1 Å². The summed E-state index contributed by atoms with van der Waals surface area (Å²) in [5, 5.41) is 0. The Morgan fingerprint density at radius 1 is 0.840 bits per heavy atom. The van der Waals surface area contributed by atoms with E-state index in [0.29, 0.717) is 17.8 Å². The first-order chi connectivity index (χ1) is 12.2. The highest BCUT2D eigenvalue weighted by molar-refractivity contribution is 6.02. The zero-order valence-corrected chi connectivity index (χ0v) is 16.0. The van der Waals surface area contributed by atoms with Crippen LogP contribution >= 0.6 is 0 Å². The first-order valence-electron chi connectivity index (χ1n) is 9.69. The first kappa shape index (κ1) is 21.3. The van der Waals surface area contributed by atoms with Gasteiger partial charge in [0.25, 0.3) is 0 Å². The van der Waals surface area contributed by atoms with Crippen molar-refractivity contribution in [2.75, 3.05) is 13.2 Å². The van der Waals surface area contributed by atoms with Gasteiger partial charge in [-0.05, 0) is 26.3 Å². The van der Waals surface area contributed by atoms with Crippen molar-refractivity contribution in [3.63, 3.8) is 0 Å². The summed E-state index contributed by atoms with van der Waals surface area (Å²) in [4.78, 5) is 24.3. The van der Waals surface area contributed by atoms with Gasteiger partial charge in [-0.1, -0.05) is 51.9 Å². The van der Waals surface area contributed by atoms with Crippen LogP contribution in [0.3, 0.4) is 0 Å². The predicted octanol–water partition coefficient (Wildman–Crippen LogP) is 4.98. The molecule has 5 nitrogen and oxygen atoms in total. The molecule has 1 rings (SSSR count). The Balaban J connectivity index is 2.57. The molecule has 0 fully saturated rings. The minimum Gasteiger partial charge on any atom is -0.462 e. The molecule has 0 radical (unpaired) electrons. The van der Waals surface area contributed by atoms with Crippen LogP contribution in [-0.2, 0) is 16.0 Å². The Labute approximate surface area is 151 Å². The van der Waals surface area contributed by atoms with Gasteiger partial charge >= 0.3 is 11.9 Å². The summed E-state index contributed by atoms with van der Waals surface area (Å²) in [6, 6.07) is 1.65. The Hall–Kier alpha value is -1.78. The van der Waals surface area contributed by atoms with Gasteiger partial charge in [0.15, 0.2) is 0 Å². The van der Waals surface area contributed by atoms with Crippen molar-refractivity contribution in [2.24, 2.45) is 0 Å². The lowest BCUT2D eigenvalue weighted by atomic mass is 10.1. The number of hydrogen-bond acceptors (Lipinski definition) is 4. The van der Waals surface area contributed by atoms with Gasteiger partial charge in [0, 0.05) is 12.7 Å². The smallest absolute Gasteiger partial charge is 0.355 e. The second-order valence-electron chi connectivity index (χ2n) is 6.19. The number of hydrogen-bond donors (Lipinski definition) is 0. The first-order valence-corrected chi connectivity index (χ1v) is 9.69. The number of unbranched alkanes of at least 4 members (excludes halogenated alkanes) is 7. The van der Waals surface area contributed by atoms with Crippen LogP contribution in [0.1, 0.15) is 93.0 Å². The van der Waals surface area contributed by atoms with Crippen LogP contribution in [0.15, 0.2) is 12.3 Å². The zero-order valence-electron chi connectivity index (χ0n) is 16.0. The average Bonchev–Trinajstić information content (AvgIpc) is 3.02. The molecule has 0 saturated carbocycles. The summed E-state index contributed by atoms with van der Waals surface area (Å²) in [6.07, 6.45) is 11.6. The van der Waals surface area contributed by atoms with Crippen LogP contribution in [0.25, 0.3) is 0 Å². The molecule has 1 heterocycles. The highest BCUT2D eigenvalue weighted by Gasteiger charge is 2.23. The van der Waals surface area contributed by atoms with Gasteiger partial charge in [0.2, 0.25) is 0 Å². The summed E-state index contributed by atoms with van der Waals surface area (Å²) in [5.41, 5.74) is 0.600. The monoisotopic (exact) mass is 351 g/mol. The molecule has 142 valence electrons. The third kappa shape index (κ3) is 7.32. The summed E-state index contributed by atoms with van der Waals surface area (Å²) >= 11 is 0. The number of carbonyl (C=O) groups is 2. The van der Waals surface area contributed by atoms with E-state index in [9.17, 15) is 9.59 Å². The average molecular weight is 351 g/mol. The van der Waals surface area contributed by atoms with Crippen LogP contribution in [0.4, 0.5) is 0 Å². The maximum absolute atomic E-state index is 12.2. The quantitative estimate of drug-likeness (QED) is 0.371. The van der Waals surface area contributed by atoms with Gasteiger partial charge in [-0.2, -0.15) is 0 Å². The maximum Gasteiger partial charge on any atom is 0.355 e. The maximum atomic E-state index is 12.2. The van der Waals surface area contributed by atoms with E-state index in [1.54, 1.807) is 26.1 Å². The Kier molecular flexibility index (Phi) is 10.7. The molecule has 0 amide bonds. The normalized spacial score (nSPS) is 10.7. The van der Waals surface area contributed by atoms with E-state index in [1.807, 2.05) is 4.57 Å². The van der Waals surface area contributed by atoms with Crippen LogP contribution in [0, 0.1) is 0 Å². The molecule has 0 aliphatic rings. The number of esters is 2. The van der Waals surface area contributed by atoms with E-state index >= 15 is 0 Å². The van der Waals surface area contributed by atoms with Crippen molar-refractivity contribution in [3.05, 3.63) is 23.5 Å². The fourth-order valence-electron chi connectivity index (χ4n) is 2.88. The Bertz CT molecular complexity index is 522. The van der Waals surface area contributed by atoms with E-state index < -0.39 is 11.9 Å². The van der Waals surface area contributed by atoms with E-state index in [0.717, 1.165) is 12.8 Å². The zero-order chi connectivity index (χ0) is 18.5. The van der Waals surface area contributed by atoms with Crippen LogP contribution < -0.4 is 0 Å². The summed E-state index contributed by atoms with van der Waals surface area (Å²) in [7, 11) is 0. The topological polar surface area (TPSA) is 57.5 Å². The molecule has 0 spiro atoms. The van der Waals surface area contributed by atoms with Gasteiger partial charge < -0.3 is 14.0 Å². The SMILES string of the molecule is CCCCCCCCCCn1ccc(C(=O)OCC)c1C(=O)OCC. The highest BCUT2D eigenvalue weighted by Crippen LogP contribution is 2.17. The Morgan fingerprint density at radius 3 is 2.00 bits per heavy atom. The Morgan fingerprint density at radius 2 is 1.40 bits per heavy atom. The van der Waals surface area contributed by atoms with Crippen LogP contribution in [0.2, 0.25) is 0 Å². The molecule has 25 heavy (non-hydrogen) atoms. The number of ether oxygens (including phenoxy) is 2. The summed E-state index contributed by atoms with van der Waals surface area (Å²) in [6.45, 7) is 7.01. The fourth-order valence-corrected chi connectivity index (χ4v) is 2.88. The molecule has 0 N–H and O–H groups in total. The van der Waals surface area contributed by atoms with Crippen molar-refractivity contribution >= 4 is 11.9 Å². The van der Waals surface area contributed by atoms with Gasteiger partial charge in [-0.15, -0.1) is 0 Å². The van der Waals surface area contributed by atoms with Gasteiger partial charge in [0.1, 0.15) is 5.69 Å². The van der Waals surface area contributed by atoms with Gasteiger partial charge in [-0.3, -0.25) is 0 Å². The van der Waals surface area contributed by atoms with E-state index in [4.69, 9.17) is 9.47 Å². The predicted molar refractivity (Wildman–Crippen MR) is 99.0 cm³/mol. The molecule has 1 aromatic heterocycles. The molecule has 0 saturated heterocycles. The van der Waals surface area contributed by atoms with Crippen molar-refractivity contribution in [1.82, 2.24) is 4.57 Å². The van der Waals surface area contributed by atoms with Crippen LogP contribution in [0.5, 0.6) is 0 Å². The summed E-state index contributed by atoms with van der Waals surface area (Å²) in [5.74, 6) is -0.935. The molecule has 5 heteroatoms. The third-order valence-corrected chi connectivity index (χ3v) is 4.18. The number of nitrogens with zero attached hydrogens (tertiary/aromatic N) is 1. The molecule has 0 aliphatic carbocycles. The molecular formula is C20H33NO4. The molecule has 0 unspecified atom stereocenters. The minimum atomic E-state index is -0.472. The van der Waals surface area contributed by atoms with E-state index in [2.05, 4.69) is 6.92 Å². The lowest BCUT2D eigenvalue weighted by Crippen LogP contribution is -2.17. The lowest BCUT2D eigenvalue weighted by molar-refractivity contribution is 0.0470. The van der Waals surface area contributed by atoms with Crippen LogP contribution in [-0.4, -0.2) is 29.7 Å². The van der Waals surface area contributed by atoms with Crippen molar-refractivity contribution in [1.29, 1.82) is 0 Å². The number of rotatable bonds is 13. The largest absolute Gasteiger partial charge is 0.462 e. The third-order valence-electron chi connectivity index (χ3n) is 4.18. The second kappa shape index (κ2) is 12.6. The molecule has 0 aliphatic heterocycles. The summed E-state index contributed by atoms with van der Waals surface area (Å²) < 4.78 is 12.0. The second-order valence-corrected chi connectivity index (χ2v) is 6.19. The van der Waals surface area contributed by atoms with Crippen molar-refractivity contribution in [2.45, 2.75) is 78.7 Å². The van der Waals surface area contributed by atoms with Gasteiger partial charge in [0.05, 0.1) is 18.8 Å². The minimum absolute atomic E-state index is 0.282. The van der Waals surface area contributed by atoms with Crippen molar-refractivity contribution in [3.8, 4) is 0 Å². The molecule has 0 aromatic carbocycles. The van der Waals surface area contributed by atoms with E-state index in [-0.39, 0.29) is 13.2 Å². The number of carbonyl (C=O) groups excluding carboxylic acids is 2. The fraction of sp³-hybridized carbons (Fsp3) is 0.700. The highest BCUT2D eigenvalue weighted by atomic mass is 16.5. The molecule has 0 bridgehead atoms.